The smallest absolute Gasteiger partial charge is 0.178 e. The average molecular weight is 336 g/mol. The summed E-state index contributed by atoms with van der Waals surface area (Å²) in [5.41, 5.74) is 4.24. The second-order valence-electron chi connectivity index (χ2n) is 7.04. The Morgan fingerprint density at radius 1 is 1.20 bits per heavy atom. The number of H-pyrrole nitrogens is 1. The summed E-state index contributed by atoms with van der Waals surface area (Å²) in [6.45, 7) is 7.04. The molecule has 7 heteroatoms. The van der Waals surface area contributed by atoms with Crippen LogP contribution in [0.4, 0.5) is 11.5 Å². The van der Waals surface area contributed by atoms with Crippen molar-refractivity contribution in [3.05, 3.63) is 42.2 Å². The zero-order chi connectivity index (χ0) is 17.4. The van der Waals surface area contributed by atoms with Crippen molar-refractivity contribution in [1.29, 1.82) is 0 Å². The van der Waals surface area contributed by atoms with Gasteiger partial charge in [0.1, 0.15) is 11.2 Å². The molecule has 0 saturated heterocycles. The zero-order valence-corrected chi connectivity index (χ0v) is 14.4. The van der Waals surface area contributed by atoms with Crippen LogP contribution in [0.25, 0.3) is 22.0 Å². The van der Waals surface area contributed by atoms with Gasteiger partial charge in [0.15, 0.2) is 11.4 Å². The molecule has 0 atom stereocenters. The SMILES string of the molecule is CC(C)(C)NCc1noc2cc(Nc3n[nH]c4cccnc34)ccc12. The summed E-state index contributed by atoms with van der Waals surface area (Å²) in [6, 6.07) is 9.73. The van der Waals surface area contributed by atoms with Crippen LogP contribution in [0.2, 0.25) is 0 Å². The van der Waals surface area contributed by atoms with Crippen molar-refractivity contribution >= 4 is 33.5 Å². The number of hydrogen-bond acceptors (Lipinski definition) is 6. The Labute approximate surface area is 144 Å². The van der Waals surface area contributed by atoms with E-state index in [0.29, 0.717) is 12.4 Å². The van der Waals surface area contributed by atoms with Gasteiger partial charge in [-0.1, -0.05) is 5.16 Å². The van der Waals surface area contributed by atoms with Crippen LogP contribution in [0, 0.1) is 0 Å². The number of anilines is 2. The average Bonchev–Trinajstić information content (AvgIpc) is 3.17. The molecular weight excluding hydrogens is 316 g/mol. The minimum Gasteiger partial charge on any atom is -0.356 e. The van der Waals surface area contributed by atoms with Crippen LogP contribution < -0.4 is 10.6 Å². The lowest BCUT2D eigenvalue weighted by Gasteiger charge is -2.19. The Morgan fingerprint density at radius 3 is 2.92 bits per heavy atom. The van der Waals surface area contributed by atoms with Crippen molar-refractivity contribution in [1.82, 2.24) is 25.7 Å². The quantitative estimate of drug-likeness (QED) is 0.526. The van der Waals surface area contributed by atoms with Gasteiger partial charge in [-0.15, -0.1) is 0 Å². The molecule has 0 aliphatic rings. The largest absolute Gasteiger partial charge is 0.356 e. The fourth-order valence-electron chi connectivity index (χ4n) is 2.62. The first kappa shape index (κ1) is 15.6. The number of aromatic amines is 1. The normalized spacial score (nSPS) is 12.1. The number of aromatic nitrogens is 4. The molecule has 0 amide bonds. The van der Waals surface area contributed by atoms with E-state index in [4.69, 9.17) is 4.52 Å². The van der Waals surface area contributed by atoms with Gasteiger partial charge in [0, 0.05) is 35.4 Å². The highest BCUT2D eigenvalue weighted by molar-refractivity contribution is 5.89. The number of pyridine rings is 1. The molecule has 4 rings (SSSR count). The Balaban J connectivity index is 1.59. The summed E-state index contributed by atoms with van der Waals surface area (Å²) in [4.78, 5) is 4.35. The summed E-state index contributed by atoms with van der Waals surface area (Å²) >= 11 is 0. The number of hydrogen-bond donors (Lipinski definition) is 3. The first-order chi connectivity index (χ1) is 12.0. The number of rotatable bonds is 4. The van der Waals surface area contributed by atoms with E-state index in [9.17, 15) is 0 Å². The van der Waals surface area contributed by atoms with E-state index in [2.05, 4.69) is 51.7 Å². The van der Waals surface area contributed by atoms with Crippen molar-refractivity contribution < 1.29 is 4.52 Å². The predicted octanol–water partition coefficient (Wildman–Crippen LogP) is 3.73. The van der Waals surface area contributed by atoms with Gasteiger partial charge in [-0.25, -0.2) is 0 Å². The van der Waals surface area contributed by atoms with Crippen LogP contribution in [0.1, 0.15) is 26.5 Å². The minimum atomic E-state index is 0.0285. The first-order valence-electron chi connectivity index (χ1n) is 8.19. The lowest BCUT2D eigenvalue weighted by Crippen LogP contribution is -2.35. The topological polar surface area (TPSA) is 91.7 Å². The maximum atomic E-state index is 5.49. The van der Waals surface area contributed by atoms with Crippen LogP contribution in [-0.2, 0) is 6.54 Å². The van der Waals surface area contributed by atoms with Gasteiger partial charge in [0.2, 0.25) is 0 Å². The Morgan fingerprint density at radius 2 is 2.08 bits per heavy atom. The molecule has 3 N–H and O–H groups in total. The van der Waals surface area contributed by atoms with E-state index in [1.807, 2.05) is 30.3 Å². The highest BCUT2D eigenvalue weighted by Crippen LogP contribution is 2.26. The number of nitrogens with one attached hydrogen (secondary N) is 3. The summed E-state index contributed by atoms with van der Waals surface area (Å²) in [5.74, 6) is 0.684. The molecule has 3 aromatic heterocycles. The highest BCUT2D eigenvalue weighted by Gasteiger charge is 2.14. The molecular formula is C18H20N6O. The van der Waals surface area contributed by atoms with Gasteiger partial charge in [-0.3, -0.25) is 10.1 Å². The second-order valence-corrected chi connectivity index (χ2v) is 7.04. The predicted molar refractivity (Wildman–Crippen MR) is 97.8 cm³/mol. The standard InChI is InChI=1S/C18H20N6O/c1-18(2,3)20-10-14-12-7-6-11(9-15(12)25-24-14)21-17-16-13(22-23-17)5-4-8-19-16/h4-9,20H,10H2,1-3H3,(H2,21,22,23). The fraction of sp³-hybridized carbons (Fsp3) is 0.278. The van der Waals surface area contributed by atoms with Crippen LogP contribution >= 0.6 is 0 Å². The number of nitrogens with zero attached hydrogens (tertiary/aromatic N) is 3. The van der Waals surface area contributed by atoms with Crippen molar-refractivity contribution in [2.45, 2.75) is 32.9 Å². The molecule has 0 aliphatic heterocycles. The monoisotopic (exact) mass is 336 g/mol. The molecule has 3 heterocycles. The summed E-state index contributed by atoms with van der Waals surface area (Å²) in [6.07, 6.45) is 1.75. The van der Waals surface area contributed by atoms with Gasteiger partial charge < -0.3 is 15.2 Å². The van der Waals surface area contributed by atoms with Crippen LogP contribution in [0.3, 0.4) is 0 Å². The van der Waals surface area contributed by atoms with Gasteiger partial charge in [0.05, 0.1) is 5.52 Å². The number of benzene rings is 1. The van der Waals surface area contributed by atoms with Gasteiger partial charge >= 0.3 is 0 Å². The Kier molecular flexibility index (Phi) is 3.65. The van der Waals surface area contributed by atoms with Gasteiger partial charge in [-0.05, 0) is 45.0 Å². The molecule has 128 valence electrons. The van der Waals surface area contributed by atoms with E-state index in [0.717, 1.165) is 33.4 Å². The molecule has 0 spiro atoms. The first-order valence-corrected chi connectivity index (χ1v) is 8.19. The maximum Gasteiger partial charge on any atom is 0.178 e. The van der Waals surface area contributed by atoms with E-state index >= 15 is 0 Å². The third-order valence-corrected chi connectivity index (χ3v) is 3.92. The molecule has 7 nitrogen and oxygen atoms in total. The lowest BCUT2D eigenvalue weighted by atomic mass is 10.1. The molecule has 0 bridgehead atoms. The Bertz CT molecular complexity index is 1030. The van der Waals surface area contributed by atoms with Crippen LogP contribution in [0.15, 0.2) is 41.1 Å². The van der Waals surface area contributed by atoms with Gasteiger partial charge in [0.25, 0.3) is 0 Å². The third-order valence-electron chi connectivity index (χ3n) is 3.92. The van der Waals surface area contributed by atoms with Crippen molar-refractivity contribution in [3.8, 4) is 0 Å². The fourth-order valence-corrected chi connectivity index (χ4v) is 2.62. The van der Waals surface area contributed by atoms with E-state index < -0.39 is 0 Å². The molecule has 4 aromatic rings. The van der Waals surface area contributed by atoms with Crippen molar-refractivity contribution in [2.24, 2.45) is 0 Å². The molecule has 0 radical (unpaired) electrons. The van der Waals surface area contributed by atoms with Crippen molar-refractivity contribution in [3.63, 3.8) is 0 Å². The van der Waals surface area contributed by atoms with Crippen LogP contribution in [0.5, 0.6) is 0 Å². The van der Waals surface area contributed by atoms with Crippen LogP contribution in [-0.4, -0.2) is 25.9 Å². The summed E-state index contributed by atoms with van der Waals surface area (Å²) in [5, 5.41) is 19.1. The van der Waals surface area contributed by atoms with Crippen molar-refractivity contribution in [2.75, 3.05) is 5.32 Å². The molecule has 0 aliphatic carbocycles. The maximum absolute atomic E-state index is 5.49. The minimum absolute atomic E-state index is 0.0285. The molecule has 0 fully saturated rings. The summed E-state index contributed by atoms with van der Waals surface area (Å²) in [7, 11) is 0. The number of fused-ring (bicyclic) bond motifs is 2. The molecule has 25 heavy (non-hydrogen) atoms. The molecule has 0 saturated carbocycles. The third kappa shape index (κ3) is 3.18. The second kappa shape index (κ2) is 5.86. The van der Waals surface area contributed by atoms with E-state index in [1.165, 1.54) is 0 Å². The Hall–Kier alpha value is -2.93. The van der Waals surface area contributed by atoms with Gasteiger partial charge in [-0.2, -0.15) is 5.10 Å². The van der Waals surface area contributed by atoms with E-state index in [1.54, 1.807) is 6.20 Å². The van der Waals surface area contributed by atoms with E-state index in [-0.39, 0.29) is 5.54 Å². The highest BCUT2D eigenvalue weighted by atomic mass is 16.5. The zero-order valence-electron chi connectivity index (χ0n) is 14.4. The molecule has 1 aromatic carbocycles. The summed E-state index contributed by atoms with van der Waals surface area (Å²) < 4.78 is 5.49. The lowest BCUT2D eigenvalue weighted by molar-refractivity contribution is 0.400. The molecule has 0 unspecified atom stereocenters.